The number of aliphatic hydroxyl groups is 6. The number of phosphoric ester groups is 2. The van der Waals surface area contributed by atoms with E-state index in [9.17, 15) is 48.8 Å². The number of aliphatic hydroxyl groups excluding tert-OH is 6. The first kappa shape index (κ1) is 31.2. The summed E-state index contributed by atoms with van der Waals surface area (Å²) in [5, 5.41) is 58.8. The van der Waals surface area contributed by atoms with Crippen molar-refractivity contribution in [2.24, 2.45) is 0 Å². The van der Waals surface area contributed by atoms with E-state index in [-0.39, 0.29) is 17.0 Å². The van der Waals surface area contributed by atoms with Gasteiger partial charge in [-0.1, -0.05) is 0 Å². The van der Waals surface area contributed by atoms with Gasteiger partial charge in [0.15, 0.2) is 30.2 Å². The Morgan fingerprint density at radius 2 is 1.75 bits per heavy atom. The smallest absolute Gasteiger partial charge is 0.394 e. The third kappa shape index (κ3) is 6.33. The molecule has 4 heterocycles. The fraction of sp³-hybridized carbons (Fsp3) is 0.706. The summed E-state index contributed by atoms with van der Waals surface area (Å²) in [5.74, 6) is -0.00105. The second-order valence-corrected chi connectivity index (χ2v) is 11.7. The Balaban J connectivity index is 1.38. The number of ether oxygens (including phenoxy) is 2. The summed E-state index contributed by atoms with van der Waals surface area (Å²) in [5.41, 5.74) is 5.91. The fourth-order valence-electron chi connectivity index (χ4n) is 3.98. The molecule has 0 aromatic carbocycles. The highest BCUT2D eigenvalue weighted by molar-refractivity contribution is 7.61. The average Bonchev–Trinajstić information content (AvgIpc) is 3.43. The van der Waals surface area contributed by atoms with Crippen LogP contribution in [0.2, 0.25) is 0 Å². The van der Waals surface area contributed by atoms with Gasteiger partial charge in [-0.15, -0.1) is 0 Å². The molecule has 2 aromatic heterocycles. The number of halogens is 1. The molecular formula is C17H26FN5O15P2. The Labute approximate surface area is 222 Å². The van der Waals surface area contributed by atoms with E-state index in [1.807, 2.05) is 0 Å². The first-order valence-electron chi connectivity index (χ1n) is 11.2. The van der Waals surface area contributed by atoms with E-state index in [4.69, 9.17) is 20.3 Å². The largest absolute Gasteiger partial charge is 0.483 e. The Morgan fingerprint density at radius 3 is 2.42 bits per heavy atom. The average molecular weight is 621 g/mol. The van der Waals surface area contributed by atoms with Crippen LogP contribution >= 0.6 is 15.6 Å². The van der Waals surface area contributed by atoms with Crippen LogP contribution < -0.4 is 5.73 Å². The maximum absolute atomic E-state index is 14.8. The van der Waals surface area contributed by atoms with E-state index >= 15 is 0 Å². The van der Waals surface area contributed by atoms with E-state index in [1.54, 1.807) is 0 Å². The van der Waals surface area contributed by atoms with Crippen LogP contribution in [0.3, 0.4) is 0 Å². The summed E-state index contributed by atoms with van der Waals surface area (Å²) in [6, 6.07) is 0. The standard InChI is InChI=1S/C17H26FN5O15P2/c18-7-6(35-16(9(7)26)23-4-22-8-14(19)20-3-21-15(8)23)2-34-39(30,31)38-40(32,33)37-17-12(29)10(27)11(28)13(36-17)5(25)1-24/h3-7,9-13,16-17,24-29H,1-2H2,(H,30,31)(H,32,33)(H2,19,20,21)/t5-,6-,7+,9+,10?,11+,12?,13?,16-,17+/m1/s1. The van der Waals surface area contributed by atoms with E-state index < -0.39 is 90.3 Å². The van der Waals surface area contributed by atoms with Gasteiger partial charge in [-0.05, 0) is 0 Å². The molecule has 40 heavy (non-hydrogen) atoms. The predicted molar refractivity (Wildman–Crippen MR) is 122 cm³/mol. The molecule has 0 amide bonds. The van der Waals surface area contributed by atoms with Gasteiger partial charge in [0.05, 0.1) is 19.5 Å². The SMILES string of the molecule is Nc1ncnc2c1ncn2[C@@H]1O[C@H](COP(=O)(O)OP(=O)(O)O[C@@H]2OC([C@H](O)CO)[C@@H](O)C(O)C2O)[C@H](F)[C@@H]1O. The highest BCUT2D eigenvalue weighted by Crippen LogP contribution is 2.61. The number of aromatic nitrogens is 4. The Bertz CT molecular complexity index is 1290. The Morgan fingerprint density at radius 1 is 1.05 bits per heavy atom. The maximum Gasteiger partial charge on any atom is 0.483 e. The molecule has 0 bridgehead atoms. The normalized spacial score (nSPS) is 36.8. The lowest BCUT2D eigenvalue weighted by Crippen LogP contribution is -2.61. The minimum Gasteiger partial charge on any atom is -0.394 e. The molecule has 2 aromatic rings. The van der Waals surface area contributed by atoms with Crippen LogP contribution in [0.4, 0.5) is 10.2 Å². The van der Waals surface area contributed by atoms with Crippen molar-refractivity contribution in [2.45, 2.75) is 61.4 Å². The summed E-state index contributed by atoms with van der Waals surface area (Å²) in [6.07, 6.45) is -17.2. The quantitative estimate of drug-likeness (QED) is 0.116. The molecule has 5 unspecified atom stereocenters. The predicted octanol–water partition coefficient (Wildman–Crippen LogP) is -3.58. The number of imidazole rings is 1. The molecule has 0 radical (unpaired) electrons. The molecule has 0 spiro atoms. The molecule has 2 saturated heterocycles. The molecule has 2 aliphatic heterocycles. The lowest BCUT2D eigenvalue weighted by molar-refractivity contribution is -0.292. The Hall–Kier alpha value is -1.78. The lowest BCUT2D eigenvalue weighted by Gasteiger charge is -2.41. The van der Waals surface area contributed by atoms with Crippen LogP contribution in [-0.2, 0) is 32.0 Å². The number of nitrogens with two attached hydrogens (primary N) is 1. The van der Waals surface area contributed by atoms with Crippen molar-refractivity contribution >= 4 is 32.6 Å². The summed E-state index contributed by atoms with van der Waals surface area (Å²) >= 11 is 0. The molecule has 12 atom stereocenters. The lowest BCUT2D eigenvalue weighted by atomic mass is 9.96. The number of nitrogens with zero attached hydrogens (tertiary/aromatic N) is 4. The molecule has 20 nitrogen and oxygen atoms in total. The van der Waals surface area contributed by atoms with Crippen molar-refractivity contribution in [1.29, 1.82) is 0 Å². The summed E-state index contributed by atoms with van der Waals surface area (Å²) in [7, 11) is -11.2. The van der Waals surface area contributed by atoms with E-state index in [1.165, 1.54) is 0 Å². The number of nitrogen functional groups attached to an aromatic ring is 1. The molecular weight excluding hydrogens is 595 g/mol. The van der Waals surface area contributed by atoms with E-state index in [0.29, 0.717) is 0 Å². The first-order valence-corrected chi connectivity index (χ1v) is 14.2. The fourth-order valence-corrected chi connectivity index (χ4v) is 6.14. The number of fused-ring (bicyclic) bond motifs is 1. The molecule has 226 valence electrons. The third-order valence-electron chi connectivity index (χ3n) is 5.97. The van der Waals surface area contributed by atoms with Crippen LogP contribution in [0.5, 0.6) is 0 Å². The molecule has 23 heteroatoms. The number of phosphoric acid groups is 2. The van der Waals surface area contributed by atoms with Gasteiger partial charge in [0.1, 0.15) is 54.6 Å². The maximum atomic E-state index is 14.8. The van der Waals surface area contributed by atoms with Gasteiger partial charge in [-0.2, -0.15) is 4.31 Å². The second kappa shape index (κ2) is 11.8. The third-order valence-corrected chi connectivity index (χ3v) is 8.57. The van der Waals surface area contributed by atoms with Crippen LogP contribution in [0.1, 0.15) is 6.23 Å². The summed E-state index contributed by atoms with van der Waals surface area (Å²) < 4.78 is 63.9. The van der Waals surface area contributed by atoms with Crippen LogP contribution in [0, 0.1) is 0 Å². The van der Waals surface area contributed by atoms with Gasteiger partial charge >= 0.3 is 15.6 Å². The zero-order chi connectivity index (χ0) is 29.6. The van der Waals surface area contributed by atoms with Crippen molar-refractivity contribution in [3.63, 3.8) is 0 Å². The molecule has 0 aliphatic carbocycles. The van der Waals surface area contributed by atoms with Gasteiger partial charge < -0.3 is 55.6 Å². The van der Waals surface area contributed by atoms with Crippen molar-refractivity contribution in [3.8, 4) is 0 Å². The topological polar surface area (TPSA) is 312 Å². The summed E-state index contributed by atoms with van der Waals surface area (Å²) in [6.45, 7) is -2.08. The number of alkyl halides is 1. The van der Waals surface area contributed by atoms with E-state index in [0.717, 1.165) is 17.2 Å². The molecule has 0 saturated carbocycles. The molecule has 10 N–H and O–H groups in total. The van der Waals surface area contributed by atoms with Gasteiger partial charge in [0.25, 0.3) is 0 Å². The molecule has 2 fully saturated rings. The minimum atomic E-state index is -5.69. The van der Waals surface area contributed by atoms with Gasteiger partial charge in [-0.25, -0.2) is 28.5 Å². The zero-order valence-corrected chi connectivity index (χ0v) is 21.7. The minimum absolute atomic E-state index is 0.00105. The second-order valence-electron chi connectivity index (χ2n) is 8.69. The van der Waals surface area contributed by atoms with Gasteiger partial charge in [0.2, 0.25) is 0 Å². The molecule has 4 rings (SSSR count). The monoisotopic (exact) mass is 621 g/mol. The van der Waals surface area contributed by atoms with Crippen molar-refractivity contribution in [2.75, 3.05) is 18.9 Å². The zero-order valence-electron chi connectivity index (χ0n) is 19.9. The Kier molecular flexibility index (Phi) is 9.22. The number of rotatable bonds is 10. The highest BCUT2D eigenvalue weighted by Gasteiger charge is 2.51. The van der Waals surface area contributed by atoms with Crippen LogP contribution in [0.15, 0.2) is 12.7 Å². The van der Waals surface area contributed by atoms with Crippen molar-refractivity contribution in [1.82, 2.24) is 19.5 Å². The number of hydrogen-bond donors (Lipinski definition) is 9. The van der Waals surface area contributed by atoms with E-state index in [2.05, 4.69) is 28.3 Å². The van der Waals surface area contributed by atoms with Gasteiger partial charge in [-0.3, -0.25) is 13.6 Å². The van der Waals surface area contributed by atoms with Crippen molar-refractivity contribution < 1.29 is 76.8 Å². The van der Waals surface area contributed by atoms with Crippen LogP contribution in [0.25, 0.3) is 11.2 Å². The molecule has 2 aliphatic rings. The number of anilines is 1. The number of hydrogen-bond acceptors (Lipinski definition) is 17. The van der Waals surface area contributed by atoms with Gasteiger partial charge in [0, 0.05) is 0 Å². The van der Waals surface area contributed by atoms with Crippen molar-refractivity contribution in [3.05, 3.63) is 12.7 Å². The highest BCUT2D eigenvalue weighted by atomic mass is 31.3. The van der Waals surface area contributed by atoms with Crippen LogP contribution in [-0.4, -0.2) is 128 Å². The first-order chi connectivity index (χ1) is 18.7. The summed E-state index contributed by atoms with van der Waals surface area (Å²) in [4.78, 5) is 31.5.